The molecule has 6 heteroatoms. The Morgan fingerprint density at radius 1 is 1.50 bits per heavy atom. The average Bonchev–Trinajstić information content (AvgIpc) is 3.17. The van der Waals surface area contributed by atoms with E-state index in [0.717, 1.165) is 44.0 Å². The number of hydrogen-bond acceptors (Lipinski definition) is 5. The van der Waals surface area contributed by atoms with E-state index in [0.29, 0.717) is 5.92 Å². The summed E-state index contributed by atoms with van der Waals surface area (Å²) in [6.07, 6.45) is 1.06. The summed E-state index contributed by atoms with van der Waals surface area (Å²) in [6, 6.07) is 6.87. The number of halogens is 1. The minimum atomic E-state index is -0.434. The molecule has 0 bridgehead atoms. The molecule has 2 heterocycles. The van der Waals surface area contributed by atoms with E-state index in [1.165, 1.54) is 10.9 Å². The van der Waals surface area contributed by atoms with Crippen LogP contribution in [0.1, 0.15) is 22.6 Å². The lowest BCUT2D eigenvalue weighted by atomic mass is 10.1. The summed E-state index contributed by atoms with van der Waals surface area (Å²) < 4.78 is 13.8. The van der Waals surface area contributed by atoms with Crippen LogP contribution >= 0.6 is 11.3 Å². The van der Waals surface area contributed by atoms with Crippen LogP contribution in [0.25, 0.3) is 0 Å². The molecule has 126 valence electrons. The maximum Gasteiger partial charge on any atom is 0.143 e. The van der Waals surface area contributed by atoms with Crippen molar-refractivity contribution in [3.63, 3.8) is 0 Å². The van der Waals surface area contributed by atoms with Gasteiger partial charge < -0.3 is 9.80 Å². The molecular weight excluding hydrogens is 323 g/mol. The zero-order chi connectivity index (χ0) is 17.1. The second kappa shape index (κ2) is 7.29. The van der Waals surface area contributed by atoms with Gasteiger partial charge in [0, 0.05) is 31.1 Å². The molecule has 0 amide bonds. The Bertz CT molecular complexity index is 752. The number of rotatable bonds is 5. The molecule has 0 spiro atoms. The van der Waals surface area contributed by atoms with Crippen LogP contribution in [-0.2, 0) is 6.54 Å². The summed E-state index contributed by atoms with van der Waals surface area (Å²) in [5.41, 5.74) is 3.88. The summed E-state index contributed by atoms with van der Waals surface area (Å²) in [7, 11) is 2.13. The van der Waals surface area contributed by atoms with Gasteiger partial charge in [-0.25, -0.2) is 9.37 Å². The van der Waals surface area contributed by atoms with Gasteiger partial charge in [0.05, 0.1) is 16.9 Å². The number of hydrogen-bond donors (Lipinski definition) is 0. The van der Waals surface area contributed by atoms with Crippen LogP contribution in [0.15, 0.2) is 23.7 Å². The fourth-order valence-corrected chi connectivity index (χ4v) is 4.17. The number of nitriles is 1. The van der Waals surface area contributed by atoms with Crippen molar-refractivity contribution in [2.24, 2.45) is 5.92 Å². The van der Waals surface area contributed by atoms with Gasteiger partial charge in [0.2, 0.25) is 0 Å². The van der Waals surface area contributed by atoms with Crippen LogP contribution in [0.4, 0.5) is 10.1 Å². The lowest BCUT2D eigenvalue weighted by molar-refractivity contribution is 0.281. The van der Waals surface area contributed by atoms with E-state index < -0.39 is 5.82 Å². The van der Waals surface area contributed by atoms with Crippen molar-refractivity contribution in [2.75, 3.05) is 31.6 Å². The first-order valence-corrected chi connectivity index (χ1v) is 8.97. The largest absolute Gasteiger partial charge is 0.370 e. The van der Waals surface area contributed by atoms with E-state index in [9.17, 15) is 9.65 Å². The monoisotopic (exact) mass is 344 g/mol. The molecule has 2 aromatic rings. The molecule has 1 saturated heterocycles. The Hall–Kier alpha value is -1.97. The molecule has 1 aromatic heterocycles. The van der Waals surface area contributed by atoms with Crippen LogP contribution in [0.2, 0.25) is 0 Å². The van der Waals surface area contributed by atoms with Crippen molar-refractivity contribution in [2.45, 2.75) is 19.9 Å². The fraction of sp³-hybridized carbons (Fsp3) is 0.444. The highest BCUT2D eigenvalue weighted by Crippen LogP contribution is 2.28. The van der Waals surface area contributed by atoms with E-state index >= 15 is 0 Å². The maximum absolute atomic E-state index is 13.8. The van der Waals surface area contributed by atoms with Gasteiger partial charge in [0.25, 0.3) is 0 Å². The molecule has 0 radical (unpaired) electrons. The number of aromatic nitrogens is 1. The highest BCUT2D eigenvalue weighted by molar-refractivity contribution is 7.09. The quantitative estimate of drug-likeness (QED) is 0.833. The second-order valence-electron chi connectivity index (χ2n) is 6.40. The molecule has 1 atom stereocenters. The van der Waals surface area contributed by atoms with Gasteiger partial charge in [0.1, 0.15) is 17.4 Å². The Kier molecular flexibility index (Phi) is 5.12. The SMILES string of the molecule is Cc1ncsc1CN(C)CC1CCN(c2cccc(F)c2C#N)C1. The maximum atomic E-state index is 13.8. The van der Waals surface area contributed by atoms with E-state index in [4.69, 9.17) is 0 Å². The number of anilines is 1. The summed E-state index contributed by atoms with van der Waals surface area (Å²) >= 11 is 1.70. The van der Waals surface area contributed by atoms with Crippen LogP contribution in [0.3, 0.4) is 0 Å². The normalized spacial score (nSPS) is 17.5. The number of thiazole rings is 1. The second-order valence-corrected chi connectivity index (χ2v) is 7.34. The third-order valence-electron chi connectivity index (χ3n) is 4.56. The summed E-state index contributed by atoms with van der Waals surface area (Å²) in [4.78, 5) is 10.1. The first kappa shape index (κ1) is 16.9. The summed E-state index contributed by atoms with van der Waals surface area (Å²) in [6.45, 7) is 5.69. The Morgan fingerprint density at radius 3 is 3.04 bits per heavy atom. The minimum absolute atomic E-state index is 0.159. The van der Waals surface area contributed by atoms with Gasteiger partial charge in [-0.15, -0.1) is 11.3 Å². The van der Waals surface area contributed by atoms with Gasteiger partial charge in [-0.1, -0.05) is 6.07 Å². The van der Waals surface area contributed by atoms with Gasteiger partial charge >= 0.3 is 0 Å². The van der Waals surface area contributed by atoms with Crippen molar-refractivity contribution >= 4 is 17.0 Å². The van der Waals surface area contributed by atoms with Crippen molar-refractivity contribution in [3.05, 3.63) is 45.7 Å². The van der Waals surface area contributed by atoms with Gasteiger partial charge in [-0.2, -0.15) is 5.26 Å². The molecule has 0 aliphatic carbocycles. The molecule has 24 heavy (non-hydrogen) atoms. The molecule has 3 rings (SSSR count). The van der Waals surface area contributed by atoms with Crippen LogP contribution in [-0.4, -0.2) is 36.6 Å². The molecule has 0 N–H and O–H groups in total. The van der Waals surface area contributed by atoms with Crippen molar-refractivity contribution in [3.8, 4) is 6.07 Å². The zero-order valence-corrected chi connectivity index (χ0v) is 14.8. The lowest BCUT2D eigenvalue weighted by Gasteiger charge is -2.23. The number of benzene rings is 1. The highest BCUT2D eigenvalue weighted by Gasteiger charge is 2.26. The molecule has 1 aliphatic heterocycles. The third-order valence-corrected chi connectivity index (χ3v) is 5.48. The molecule has 0 saturated carbocycles. The molecule has 1 aliphatic rings. The Balaban J connectivity index is 1.61. The highest BCUT2D eigenvalue weighted by atomic mass is 32.1. The predicted molar refractivity (Wildman–Crippen MR) is 94.6 cm³/mol. The lowest BCUT2D eigenvalue weighted by Crippen LogP contribution is -2.28. The minimum Gasteiger partial charge on any atom is -0.370 e. The van der Waals surface area contributed by atoms with E-state index in [1.54, 1.807) is 17.4 Å². The van der Waals surface area contributed by atoms with Crippen LogP contribution in [0.5, 0.6) is 0 Å². The molecule has 1 unspecified atom stereocenters. The van der Waals surface area contributed by atoms with Gasteiger partial charge in [0.15, 0.2) is 0 Å². The standard InChI is InChI=1S/C18H21FN4S/c1-13-18(24-12-21-13)11-22(2)9-14-6-7-23(10-14)17-5-3-4-16(19)15(17)8-20/h3-5,12,14H,6-7,9-11H2,1-2H3. The zero-order valence-electron chi connectivity index (χ0n) is 14.0. The number of aryl methyl sites for hydroxylation is 1. The Morgan fingerprint density at radius 2 is 2.33 bits per heavy atom. The van der Waals surface area contributed by atoms with Crippen molar-refractivity contribution < 1.29 is 4.39 Å². The molecular formula is C18H21FN4S. The van der Waals surface area contributed by atoms with E-state index in [2.05, 4.69) is 21.8 Å². The first-order valence-electron chi connectivity index (χ1n) is 8.09. The summed E-state index contributed by atoms with van der Waals surface area (Å²) in [5, 5.41) is 9.21. The molecule has 1 fully saturated rings. The Labute approximate surface area is 146 Å². The number of nitrogens with zero attached hydrogens (tertiary/aromatic N) is 4. The third kappa shape index (κ3) is 3.58. The van der Waals surface area contributed by atoms with Crippen LogP contribution in [0, 0.1) is 30.0 Å². The molecule has 1 aromatic carbocycles. The molecule has 4 nitrogen and oxygen atoms in total. The van der Waals surface area contributed by atoms with Crippen molar-refractivity contribution in [1.82, 2.24) is 9.88 Å². The predicted octanol–water partition coefficient (Wildman–Crippen LogP) is 3.42. The smallest absolute Gasteiger partial charge is 0.143 e. The van der Waals surface area contributed by atoms with E-state index in [-0.39, 0.29) is 5.56 Å². The topological polar surface area (TPSA) is 43.2 Å². The fourth-order valence-electron chi connectivity index (χ4n) is 3.32. The average molecular weight is 344 g/mol. The van der Waals surface area contributed by atoms with E-state index in [1.807, 2.05) is 24.6 Å². The van der Waals surface area contributed by atoms with Gasteiger partial charge in [-0.05, 0) is 38.4 Å². The van der Waals surface area contributed by atoms with Gasteiger partial charge in [-0.3, -0.25) is 0 Å². The van der Waals surface area contributed by atoms with Crippen molar-refractivity contribution in [1.29, 1.82) is 5.26 Å². The van der Waals surface area contributed by atoms with Crippen LogP contribution < -0.4 is 4.90 Å². The first-order chi connectivity index (χ1) is 11.6. The summed E-state index contributed by atoms with van der Waals surface area (Å²) in [5.74, 6) is 0.0919.